The fourth-order valence-electron chi connectivity index (χ4n) is 7.42. The Morgan fingerprint density at radius 1 is 0.306 bits per heavy atom. The molecule has 10 rings (SSSR count). The Morgan fingerprint density at radius 3 is 1.10 bits per heavy atom. The van der Waals surface area contributed by atoms with Crippen LogP contribution < -0.4 is 4.90 Å². The lowest BCUT2D eigenvalue weighted by atomic mass is 9.93. The fourth-order valence-corrected chi connectivity index (χ4v) is 7.42. The number of hydrogen-bond donors (Lipinski definition) is 0. The molecule has 0 aliphatic carbocycles. The Kier molecular flexibility index (Phi) is 4.53. The predicted molar refractivity (Wildman–Crippen MR) is 212 cm³/mol. The molecule has 1 heteroatoms. The van der Waals surface area contributed by atoms with Crippen LogP contribution in [0, 0.1) is 0 Å². The van der Waals surface area contributed by atoms with Gasteiger partial charge in [-0.05, 0) is 112 Å². The van der Waals surface area contributed by atoms with E-state index in [-0.39, 0.29) is 16.8 Å². The minimum atomic E-state index is -0.614. The highest BCUT2D eigenvalue weighted by Gasteiger charge is 2.18. The zero-order valence-corrected chi connectivity index (χ0v) is 26.1. The zero-order chi connectivity index (χ0) is 40.1. The SMILES string of the molecule is [2H]c1c([2H])c([2H])c(-c2c([2H])c([2H])c([2H])c(N(c3ccc4c5ccccc5c5ccccc5c4c3)c3ccc4c5ccccc5c5ccccc5c4c3)c2[2H])c([2H])c1[2H]. The maximum atomic E-state index is 9.78. The van der Waals surface area contributed by atoms with Gasteiger partial charge in [0, 0.05) is 17.1 Å². The molecule has 0 saturated carbocycles. The molecule has 0 spiro atoms. The van der Waals surface area contributed by atoms with Crippen molar-refractivity contribution in [3.8, 4) is 11.1 Å². The smallest absolute Gasteiger partial charge is 0.0651 e. The van der Waals surface area contributed by atoms with Crippen molar-refractivity contribution in [1.82, 2.24) is 0 Å². The monoisotopic (exact) mass is 630 g/mol. The van der Waals surface area contributed by atoms with Crippen LogP contribution in [-0.4, -0.2) is 0 Å². The van der Waals surface area contributed by atoms with Gasteiger partial charge in [0.15, 0.2) is 0 Å². The van der Waals surface area contributed by atoms with Crippen LogP contribution in [0.15, 0.2) is 188 Å². The minimum Gasteiger partial charge on any atom is -0.310 e. The standard InChI is InChI=1S/C48H31N/c1-2-13-32(14-3-1)33-15-12-16-34(29-33)49(35-25-27-45-41-21-6-4-17-37(41)39-19-8-10-23-43(39)47(45)30-35)36-26-28-46-42-22-7-5-18-38(42)40-20-9-11-24-44(40)48(46)31-36/h1-31H/i1D,2D,3D,12D,13D,14D,15D,16D,29D. The van der Waals surface area contributed by atoms with Gasteiger partial charge in [0.1, 0.15) is 0 Å². The predicted octanol–water partition coefficient (Wildman–Crippen LogP) is 13.7. The van der Waals surface area contributed by atoms with Gasteiger partial charge in [-0.25, -0.2) is 0 Å². The lowest BCUT2D eigenvalue weighted by Gasteiger charge is -2.27. The normalized spacial score (nSPS) is 14.2. The van der Waals surface area contributed by atoms with Crippen molar-refractivity contribution in [2.45, 2.75) is 0 Å². The number of anilines is 3. The number of rotatable bonds is 4. The number of fused-ring (bicyclic) bond motifs is 12. The van der Waals surface area contributed by atoms with Crippen molar-refractivity contribution >= 4 is 81.7 Å². The third-order valence-electron chi connectivity index (χ3n) is 9.56. The summed E-state index contributed by atoms with van der Waals surface area (Å²) < 4.78 is 79.9. The minimum absolute atomic E-state index is 0.0586. The zero-order valence-electron chi connectivity index (χ0n) is 35.1. The summed E-state index contributed by atoms with van der Waals surface area (Å²) in [5.74, 6) is 0. The van der Waals surface area contributed by atoms with Gasteiger partial charge >= 0.3 is 0 Å². The van der Waals surface area contributed by atoms with Gasteiger partial charge in [-0.1, -0.05) is 151 Å². The molecule has 10 aromatic carbocycles. The van der Waals surface area contributed by atoms with Gasteiger partial charge in [0.2, 0.25) is 0 Å². The summed E-state index contributed by atoms with van der Waals surface area (Å²) in [5, 5.41) is 12.4. The van der Waals surface area contributed by atoms with Crippen LogP contribution in [-0.2, 0) is 0 Å². The highest BCUT2D eigenvalue weighted by Crippen LogP contribution is 2.44. The molecule has 0 fully saturated rings. The second-order valence-electron chi connectivity index (χ2n) is 12.2. The summed E-state index contributed by atoms with van der Waals surface area (Å²) >= 11 is 0. The first-order valence-electron chi connectivity index (χ1n) is 20.7. The first-order valence-corrected chi connectivity index (χ1v) is 16.2. The largest absolute Gasteiger partial charge is 0.310 e. The molecule has 0 atom stereocenters. The molecule has 0 N–H and O–H groups in total. The van der Waals surface area contributed by atoms with Crippen molar-refractivity contribution in [1.29, 1.82) is 0 Å². The highest BCUT2D eigenvalue weighted by molar-refractivity contribution is 6.27. The number of hydrogen-bond acceptors (Lipinski definition) is 1. The molecule has 0 amide bonds. The van der Waals surface area contributed by atoms with E-state index in [0.717, 1.165) is 64.6 Å². The molecule has 0 heterocycles. The molecular formula is C48H31N. The average Bonchev–Trinajstić information content (AvgIpc) is 3.26. The van der Waals surface area contributed by atoms with Gasteiger partial charge < -0.3 is 4.90 Å². The van der Waals surface area contributed by atoms with Crippen LogP contribution in [0.4, 0.5) is 17.1 Å². The van der Waals surface area contributed by atoms with E-state index in [0.29, 0.717) is 11.4 Å². The first kappa shape index (κ1) is 20.0. The summed E-state index contributed by atoms with van der Waals surface area (Å²) in [6.07, 6.45) is 0. The summed E-state index contributed by atoms with van der Waals surface area (Å²) in [6, 6.07) is 39.9. The van der Waals surface area contributed by atoms with Crippen LogP contribution in [0.5, 0.6) is 0 Å². The Labute approximate surface area is 297 Å². The van der Waals surface area contributed by atoms with E-state index < -0.39 is 54.4 Å². The van der Waals surface area contributed by atoms with Crippen molar-refractivity contribution in [3.63, 3.8) is 0 Å². The van der Waals surface area contributed by atoms with Crippen LogP contribution in [0.2, 0.25) is 0 Å². The molecule has 0 aromatic heterocycles. The Bertz CT molecular complexity index is 3160. The lowest BCUT2D eigenvalue weighted by molar-refractivity contribution is 1.30. The Morgan fingerprint density at radius 2 is 0.673 bits per heavy atom. The Hall–Kier alpha value is -6.44. The number of benzene rings is 10. The van der Waals surface area contributed by atoms with E-state index in [9.17, 15) is 2.74 Å². The molecule has 1 nitrogen and oxygen atoms in total. The molecule has 10 aromatic rings. The van der Waals surface area contributed by atoms with E-state index in [2.05, 4.69) is 48.5 Å². The van der Waals surface area contributed by atoms with Gasteiger partial charge in [-0.2, -0.15) is 0 Å². The molecule has 0 radical (unpaired) electrons. The van der Waals surface area contributed by atoms with Crippen LogP contribution in [0.25, 0.3) is 75.8 Å². The van der Waals surface area contributed by atoms with Gasteiger partial charge in [-0.3, -0.25) is 0 Å². The van der Waals surface area contributed by atoms with Gasteiger partial charge in [-0.15, -0.1) is 0 Å². The maximum absolute atomic E-state index is 9.78. The Balaban J connectivity index is 1.34. The number of nitrogens with zero attached hydrogens (tertiary/aromatic N) is 1. The van der Waals surface area contributed by atoms with Gasteiger partial charge in [0.05, 0.1) is 12.3 Å². The van der Waals surface area contributed by atoms with Crippen LogP contribution in [0.3, 0.4) is 0 Å². The third-order valence-corrected chi connectivity index (χ3v) is 9.56. The van der Waals surface area contributed by atoms with E-state index in [4.69, 9.17) is 9.60 Å². The average molecular weight is 631 g/mol. The molecule has 0 aliphatic heterocycles. The molecular weight excluding hydrogens is 591 g/mol. The fraction of sp³-hybridized carbons (Fsp3) is 0. The first-order chi connectivity index (χ1) is 28.1. The second-order valence-corrected chi connectivity index (χ2v) is 12.2. The van der Waals surface area contributed by atoms with E-state index in [1.807, 2.05) is 84.9 Å². The quantitative estimate of drug-likeness (QED) is 0.175. The summed E-state index contributed by atoms with van der Waals surface area (Å²) in [6.45, 7) is 0. The highest BCUT2D eigenvalue weighted by atomic mass is 15.1. The molecule has 0 unspecified atom stereocenters. The van der Waals surface area contributed by atoms with E-state index in [1.165, 1.54) is 0 Å². The molecule has 0 bridgehead atoms. The lowest BCUT2D eigenvalue weighted by Crippen LogP contribution is -2.10. The molecule has 0 saturated heterocycles. The van der Waals surface area contributed by atoms with Crippen molar-refractivity contribution in [2.24, 2.45) is 0 Å². The van der Waals surface area contributed by atoms with Crippen molar-refractivity contribution in [3.05, 3.63) is 188 Å². The second kappa shape index (κ2) is 11.1. The molecule has 0 aliphatic rings. The van der Waals surface area contributed by atoms with Crippen molar-refractivity contribution in [2.75, 3.05) is 4.90 Å². The summed E-state index contributed by atoms with van der Waals surface area (Å²) in [4.78, 5) is 1.74. The summed E-state index contributed by atoms with van der Waals surface area (Å²) in [7, 11) is 0. The van der Waals surface area contributed by atoms with E-state index >= 15 is 0 Å². The van der Waals surface area contributed by atoms with Crippen LogP contribution >= 0.6 is 0 Å². The van der Waals surface area contributed by atoms with Gasteiger partial charge in [0.25, 0.3) is 0 Å². The maximum Gasteiger partial charge on any atom is 0.0651 e. The van der Waals surface area contributed by atoms with Crippen molar-refractivity contribution < 1.29 is 12.3 Å². The molecule has 49 heavy (non-hydrogen) atoms. The summed E-state index contributed by atoms with van der Waals surface area (Å²) in [5.41, 5.74) is 0.416. The topological polar surface area (TPSA) is 3.24 Å². The van der Waals surface area contributed by atoms with E-state index in [1.54, 1.807) is 4.90 Å². The van der Waals surface area contributed by atoms with Crippen LogP contribution in [0.1, 0.15) is 12.3 Å². The third kappa shape index (κ3) is 4.40. The molecule has 228 valence electrons.